The Labute approximate surface area is 243 Å². The lowest BCUT2D eigenvalue weighted by molar-refractivity contribution is -0.116. The molecule has 1 fully saturated rings. The molecule has 4 aromatic rings. The average molecular weight is 577 g/mol. The van der Waals surface area contributed by atoms with Gasteiger partial charge in [0, 0.05) is 67.0 Å². The van der Waals surface area contributed by atoms with Crippen LogP contribution in [0.2, 0.25) is 0 Å². The molecule has 12 heteroatoms. The molecule has 0 saturated carbocycles. The predicted octanol–water partition coefficient (Wildman–Crippen LogP) is 4.73. The van der Waals surface area contributed by atoms with Crippen molar-refractivity contribution in [2.24, 2.45) is 5.73 Å². The molecule has 0 radical (unpaired) electrons. The van der Waals surface area contributed by atoms with Crippen LogP contribution in [0, 0.1) is 5.82 Å². The molecule has 2 aliphatic heterocycles. The Morgan fingerprint density at radius 1 is 1.12 bits per heavy atom. The third-order valence-electron chi connectivity index (χ3n) is 7.17. The Bertz CT molecular complexity index is 1590. The molecule has 1 atom stereocenters. The van der Waals surface area contributed by atoms with E-state index in [1.165, 1.54) is 13.2 Å². The number of anilines is 4. The van der Waals surface area contributed by atoms with E-state index in [-0.39, 0.29) is 35.7 Å². The number of methoxy groups -OCH3 is 1. The summed E-state index contributed by atoms with van der Waals surface area (Å²) in [4.78, 5) is 32.1. The van der Waals surface area contributed by atoms with Gasteiger partial charge < -0.3 is 26.0 Å². The fourth-order valence-electron chi connectivity index (χ4n) is 5.20. The minimum atomic E-state index is -0.471. The van der Waals surface area contributed by atoms with Crippen LogP contribution in [-0.2, 0) is 11.2 Å². The normalized spacial score (nSPS) is 16.3. The lowest BCUT2D eigenvalue weighted by atomic mass is 9.99. The smallest absolute Gasteiger partial charge is 0.225 e. The van der Waals surface area contributed by atoms with Crippen LogP contribution >= 0.6 is 12.4 Å². The molecule has 0 unspecified atom stereocenters. The number of amides is 1. The molecular formula is C29H30ClFN8O2. The number of hydrogen-bond acceptors (Lipinski definition) is 9. The molecule has 41 heavy (non-hydrogen) atoms. The number of fused-ring (bicyclic) bond motifs is 1. The number of rotatable bonds is 6. The van der Waals surface area contributed by atoms with Crippen molar-refractivity contribution in [1.82, 2.24) is 19.9 Å². The minimum absolute atomic E-state index is 0. The molecule has 4 N–H and O–H groups in total. The van der Waals surface area contributed by atoms with Gasteiger partial charge in [-0.15, -0.1) is 12.4 Å². The zero-order chi connectivity index (χ0) is 27.6. The number of nitrogens with one attached hydrogen (secondary N) is 2. The molecule has 0 spiro atoms. The van der Waals surface area contributed by atoms with E-state index < -0.39 is 5.82 Å². The number of pyridine rings is 2. The summed E-state index contributed by atoms with van der Waals surface area (Å²) in [5, 5.41) is 6.09. The number of halogens is 2. The number of piperidine rings is 1. The van der Waals surface area contributed by atoms with Crippen LogP contribution in [-0.4, -0.2) is 52.1 Å². The Balaban J connectivity index is 0.00000337. The van der Waals surface area contributed by atoms with E-state index >= 15 is 0 Å². The van der Waals surface area contributed by atoms with E-state index in [2.05, 4.69) is 41.5 Å². The fourth-order valence-corrected chi connectivity index (χ4v) is 5.20. The van der Waals surface area contributed by atoms with Gasteiger partial charge in [0.05, 0.1) is 12.7 Å². The number of nitrogens with two attached hydrogens (primary N) is 1. The summed E-state index contributed by atoms with van der Waals surface area (Å²) in [6.07, 6.45) is 8.18. The van der Waals surface area contributed by atoms with Crippen LogP contribution in [0.1, 0.15) is 24.8 Å². The first-order chi connectivity index (χ1) is 19.5. The van der Waals surface area contributed by atoms with Crippen LogP contribution in [0.15, 0.2) is 55.0 Å². The summed E-state index contributed by atoms with van der Waals surface area (Å²) in [6.45, 7) is 1.58. The third-order valence-corrected chi connectivity index (χ3v) is 7.17. The van der Waals surface area contributed by atoms with E-state index in [1.54, 1.807) is 30.6 Å². The summed E-state index contributed by atoms with van der Waals surface area (Å²) in [5.74, 6) is 1.70. The molecule has 1 saturated heterocycles. The number of aromatic nitrogens is 4. The van der Waals surface area contributed by atoms with Crippen LogP contribution in [0.3, 0.4) is 0 Å². The molecular weight excluding hydrogens is 547 g/mol. The Hall–Kier alpha value is -4.35. The maximum Gasteiger partial charge on any atom is 0.225 e. The Morgan fingerprint density at radius 3 is 2.83 bits per heavy atom. The molecule has 2 aliphatic rings. The maximum atomic E-state index is 14.7. The summed E-state index contributed by atoms with van der Waals surface area (Å²) < 4.78 is 20.0. The second-order valence-electron chi connectivity index (χ2n) is 9.92. The summed E-state index contributed by atoms with van der Waals surface area (Å²) in [5.41, 5.74) is 10.3. The molecule has 6 rings (SSSR count). The zero-order valence-corrected chi connectivity index (χ0v) is 23.2. The van der Waals surface area contributed by atoms with E-state index in [9.17, 15) is 9.18 Å². The van der Waals surface area contributed by atoms with Crippen LogP contribution < -0.4 is 26.0 Å². The van der Waals surface area contributed by atoms with Gasteiger partial charge in [0.1, 0.15) is 29.0 Å². The van der Waals surface area contributed by atoms with Gasteiger partial charge in [0.15, 0.2) is 5.82 Å². The van der Waals surface area contributed by atoms with E-state index in [4.69, 9.17) is 10.5 Å². The van der Waals surface area contributed by atoms with Crippen molar-refractivity contribution < 1.29 is 13.9 Å². The number of carbonyl (C=O) groups excluding carboxylic acids is 1. The molecule has 0 bridgehead atoms. The van der Waals surface area contributed by atoms with Crippen LogP contribution in [0.4, 0.5) is 27.5 Å². The largest absolute Gasteiger partial charge is 0.496 e. The lowest BCUT2D eigenvalue weighted by Gasteiger charge is -2.34. The highest BCUT2D eigenvalue weighted by Crippen LogP contribution is 2.36. The van der Waals surface area contributed by atoms with E-state index in [0.29, 0.717) is 36.0 Å². The highest BCUT2D eigenvalue weighted by molar-refractivity contribution is 5.93. The second-order valence-corrected chi connectivity index (χ2v) is 9.92. The van der Waals surface area contributed by atoms with Crippen molar-refractivity contribution in [2.45, 2.75) is 31.7 Å². The summed E-state index contributed by atoms with van der Waals surface area (Å²) in [7, 11) is 1.48. The molecule has 10 nitrogen and oxygen atoms in total. The Morgan fingerprint density at radius 2 is 2.00 bits per heavy atom. The second kappa shape index (κ2) is 12.0. The first-order valence-electron chi connectivity index (χ1n) is 13.2. The van der Waals surface area contributed by atoms with Crippen molar-refractivity contribution in [3.63, 3.8) is 0 Å². The lowest BCUT2D eigenvalue weighted by Crippen LogP contribution is -2.43. The number of benzene rings is 1. The van der Waals surface area contributed by atoms with Gasteiger partial charge in [-0.25, -0.2) is 24.3 Å². The minimum Gasteiger partial charge on any atom is -0.496 e. The first kappa shape index (κ1) is 28.2. The Kier molecular flexibility index (Phi) is 8.27. The highest BCUT2D eigenvalue weighted by Gasteiger charge is 2.23. The van der Waals surface area contributed by atoms with Gasteiger partial charge in [-0.1, -0.05) is 6.07 Å². The van der Waals surface area contributed by atoms with Crippen molar-refractivity contribution in [1.29, 1.82) is 0 Å². The van der Waals surface area contributed by atoms with Crippen molar-refractivity contribution in [3.05, 3.63) is 66.4 Å². The van der Waals surface area contributed by atoms with Gasteiger partial charge in [-0.2, -0.15) is 0 Å². The van der Waals surface area contributed by atoms with Gasteiger partial charge >= 0.3 is 0 Å². The fraction of sp³-hybridized carbons (Fsp3) is 0.276. The molecule has 1 aromatic carbocycles. The standard InChI is InChI=1S/C29H29FN8O2.ClH/c1-40-23-6-2-5-21(30)27(23)29-32-10-9-24(36-29)35-25-13-22(38-11-3-4-19(31)16-38)20(15-33-25)18-12-17-7-8-26(39)37-28(17)34-14-18;/h2,5-6,9-10,12-15,19H,3-4,7-8,11,16,31H2,1H3,(H,34,37,39)(H,32,33,35,36);1H/t19-;/m0./s1. The quantitative estimate of drug-likeness (QED) is 0.298. The highest BCUT2D eigenvalue weighted by atomic mass is 35.5. The molecule has 5 heterocycles. The number of ether oxygens (including phenoxy) is 1. The first-order valence-corrected chi connectivity index (χ1v) is 13.2. The SMILES string of the molecule is COc1cccc(F)c1-c1nccc(Nc2cc(N3CCC[C@H](N)C3)c(-c3cnc4c(c3)CCC(=O)N4)cn2)n1.Cl. The summed E-state index contributed by atoms with van der Waals surface area (Å²) in [6, 6.07) is 10.4. The van der Waals surface area contributed by atoms with Crippen LogP contribution in [0.25, 0.3) is 22.5 Å². The number of carbonyl (C=O) groups is 1. The van der Waals surface area contributed by atoms with Crippen molar-refractivity contribution in [3.8, 4) is 28.3 Å². The summed E-state index contributed by atoms with van der Waals surface area (Å²) >= 11 is 0. The van der Waals surface area contributed by atoms with Gasteiger partial charge in [-0.3, -0.25) is 4.79 Å². The number of aryl methyl sites for hydroxylation is 1. The van der Waals surface area contributed by atoms with Crippen LogP contribution in [0.5, 0.6) is 5.75 Å². The predicted molar refractivity (Wildman–Crippen MR) is 158 cm³/mol. The van der Waals surface area contributed by atoms with E-state index in [0.717, 1.165) is 48.3 Å². The van der Waals surface area contributed by atoms with Gasteiger partial charge in [0.25, 0.3) is 0 Å². The molecule has 212 valence electrons. The molecule has 1 amide bonds. The third kappa shape index (κ3) is 5.91. The number of hydrogen-bond donors (Lipinski definition) is 3. The van der Waals surface area contributed by atoms with Crippen molar-refractivity contribution in [2.75, 3.05) is 35.7 Å². The van der Waals surface area contributed by atoms with Gasteiger partial charge in [0.2, 0.25) is 5.91 Å². The topological polar surface area (TPSA) is 131 Å². The number of nitrogens with zero attached hydrogens (tertiary/aromatic N) is 5. The molecule has 3 aromatic heterocycles. The average Bonchev–Trinajstić information content (AvgIpc) is 2.97. The van der Waals surface area contributed by atoms with Crippen molar-refractivity contribution >= 4 is 41.5 Å². The molecule has 0 aliphatic carbocycles. The monoisotopic (exact) mass is 576 g/mol. The maximum absolute atomic E-state index is 14.7. The van der Waals surface area contributed by atoms with E-state index in [1.807, 2.05) is 12.3 Å². The zero-order valence-electron chi connectivity index (χ0n) is 22.4. The van der Waals surface area contributed by atoms with Gasteiger partial charge in [-0.05, 0) is 49.1 Å².